The SMILES string of the molecule is O=C(O)c1ccc(CNS(=O)(=O)c2ccccc2Cc2ccccc2F)cc1. The molecule has 3 aromatic rings. The van der Waals surface area contributed by atoms with Gasteiger partial charge in [0.1, 0.15) is 5.82 Å². The Kier molecular flexibility index (Phi) is 5.87. The number of benzene rings is 3. The maximum absolute atomic E-state index is 14.0. The Morgan fingerprint density at radius 2 is 1.50 bits per heavy atom. The minimum atomic E-state index is -3.84. The van der Waals surface area contributed by atoms with Gasteiger partial charge in [0.05, 0.1) is 10.5 Å². The van der Waals surface area contributed by atoms with Gasteiger partial charge in [-0.3, -0.25) is 0 Å². The number of carboxylic acid groups (broad SMARTS) is 1. The lowest BCUT2D eigenvalue weighted by molar-refractivity contribution is 0.0697. The van der Waals surface area contributed by atoms with Gasteiger partial charge in [0.2, 0.25) is 10.0 Å². The molecule has 0 heterocycles. The molecule has 144 valence electrons. The summed E-state index contributed by atoms with van der Waals surface area (Å²) in [5, 5.41) is 8.92. The number of carboxylic acids is 1. The highest BCUT2D eigenvalue weighted by Crippen LogP contribution is 2.21. The first-order valence-corrected chi connectivity index (χ1v) is 9.98. The van der Waals surface area contributed by atoms with E-state index in [1.807, 2.05) is 0 Å². The second kappa shape index (κ2) is 8.33. The van der Waals surface area contributed by atoms with Crippen molar-refractivity contribution < 1.29 is 22.7 Å². The molecule has 2 N–H and O–H groups in total. The van der Waals surface area contributed by atoms with Crippen LogP contribution in [0.25, 0.3) is 0 Å². The molecule has 0 aliphatic heterocycles. The Balaban J connectivity index is 1.80. The number of hydrogen-bond acceptors (Lipinski definition) is 3. The van der Waals surface area contributed by atoms with Gasteiger partial charge in [-0.2, -0.15) is 0 Å². The molecular weight excluding hydrogens is 381 g/mol. The maximum atomic E-state index is 14.0. The van der Waals surface area contributed by atoms with E-state index in [2.05, 4.69) is 4.72 Å². The first-order valence-electron chi connectivity index (χ1n) is 8.50. The topological polar surface area (TPSA) is 83.5 Å². The molecule has 0 spiro atoms. The molecule has 0 aromatic heterocycles. The first-order chi connectivity index (χ1) is 13.4. The van der Waals surface area contributed by atoms with Crippen molar-refractivity contribution in [1.29, 1.82) is 0 Å². The summed E-state index contributed by atoms with van der Waals surface area (Å²) in [5.74, 6) is -1.43. The summed E-state index contributed by atoms with van der Waals surface area (Å²) in [7, 11) is -3.84. The minimum Gasteiger partial charge on any atom is -0.478 e. The fourth-order valence-electron chi connectivity index (χ4n) is 2.78. The van der Waals surface area contributed by atoms with Crippen LogP contribution in [-0.2, 0) is 23.0 Å². The van der Waals surface area contributed by atoms with E-state index in [4.69, 9.17) is 5.11 Å². The predicted molar refractivity (Wildman–Crippen MR) is 103 cm³/mol. The monoisotopic (exact) mass is 399 g/mol. The zero-order valence-corrected chi connectivity index (χ0v) is 15.6. The Bertz CT molecular complexity index is 1100. The summed E-state index contributed by atoms with van der Waals surface area (Å²) >= 11 is 0. The number of halogens is 1. The molecule has 28 heavy (non-hydrogen) atoms. The largest absolute Gasteiger partial charge is 0.478 e. The van der Waals surface area contributed by atoms with E-state index >= 15 is 0 Å². The Morgan fingerprint density at radius 3 is 2.14 bits per heavy atom. The first kappa shape index (κ1) is 19.7. The van der Waals surface area contributed by atoms with Gasteiger partial charge in [-0.1, -0.05) is 48.5 Å². The van der Waals surface area contributed by atoms with E-state index in [0.29, 0.717) is 16.7 Å². The molecule has 0 amide bonds. The van der Waals surface area contributed by atoms with Gasteiger partial charge in [0, 0.05) is 13.0 Å². The summed E-state index contributed by atoms with van der Waals surface area (Å²) in [6.45, 7) is 0.0102. The van der Waals surface area contributed by atoms with E-state index < -0.39 is 16.0 Å². The third-order valence-corrected chi connectivity index (χ3v) is 5.77. The summed E-state index contributed by atoms with van der Waals surface area (Å²) in [6.07, 6.45) is 0.150. The molecule has 0 unspecified atom stereocenters. The third kappa shape index (κ3) is 4.62. The van der Waals surface area contributed by atoms with Crippen molar-refractivity contribution in [3.8, 4) is 0 Å². The molecule has 5 nitrogen and oxygen atoms in total. The van der Waals surface area contributed by atoms with Crippen LogP contribution < -0.4 is 4.72 Å². The number of nitrogens with one attached hydrogen (secondary N) is 1. The molecule has 3 aromatic carbocycles. The van der Waals surface area contributed by atoms with Crippen LogP contribution >= 0.6 is 0 Å². The van der Waals surface area contributed by atoms with Crippen molar-refractivity contribution >= 4 is 16.0 Å². The smallest absolute Gasteiger partial charge is 0.335 e. The quantitative estimate of drug-likeness (QED) is 0.636. The van der Waals surface area contributed by atoms with Gasteiger partial charge < -0.3 is 5.11 Å². The van der Waals surface area contributed by atoms with Crippen LogP contribution in [0, 0.1) is 5.82 Å². The lowest BCUT2D eigenvalue weighted by Crippen LogP contribution is -2.24. The van der Waals surface area contributed by atoms with E-state index in [9.17, 15) is 17.6 Å². The zero-order valence-electron chi connectivity index (χ0n) is 14.8. The second-order valence-electron chi connectivity index (χ2n) is 6.20. The molecule has 0 bridgehead atoms. The number of aromatic carboxylic acids is 1. The van der Waals surface area contributed by atoms with Crippen LogP contribution in [0.5, 0.6) is 0 Å². The van der Waals surface area contributed by atoms with Crippen LogP contribution in [0.15, 0.2) is 77.7 Å². The van der Waals surface area contributed by atoms with E-state index in [1.54, 1.807) is 48.5 Å². The predicted octanol–water partition coefficient (Wildman–Crippen LogP) is 3.59. The van der Waals surface area contributed by atoms with Crippen molar-refractivity contribution in [3.05, 3.63) is 101 Å². The number of rotatable bonds is 7. The Morgan fingerprint density at radius 1 is 0.893 bits per heavy atom. The molecule has 0 saturated heterocycles. The zero-order chi connectivity index (χ0) is 20.1. The van der Waals surface area contributed by atoms with Gasteiger partial charge >= 0.3 is 5.97 Å². The molecular formula is C21H18FNO4S. The maximum Gasteiger partial charge on any atom is 0.335 e. The summed E-state index contributed by atoms with van der Waals surface area (Å²) < 4.78 is 42.0. The molecule has 0 aliphatic rings. The second-order valence-corrected chi connectivity index (χ2v) is 7.94. The van der Waals surface area contributed by atoms with Gasteiger partial charge in [-0.15, -0.1) is 0 Å². The van der Waals surface area contributed by atoms with Gasteiger partial charge in [-0.05, 0) is 41.0 Å². The van der Waals surface area contributed by atoms with Crippen molar-refractivity contribution in [2.75, 3.05) is 0 Å². The average Bonchev–Trinajstić information content (AvgIpc) is 2.69. The molecule has 3 rings (SSSR count). The lowest BCUT2D eigenvalue weighted by atomic mass is 10.0. The Hall–Kier alpha value is -3.03. The lowest BCUT2D eigenvalue weighted by Gasteiger charge is -2.12. The van der Waals surface area contributed by atoms with Crippen LogP contribution in [0.1, 0.15) is 27.0 Å². The van der Waals surface area contributed by atoms with Crippen LogP contribution in [-0.4, -0.2) is 19.5 Å². The summed E-state index contributed by atoms with van der Waals surface area (Å²) in [5.41, 5.74) is 1.65. The van der Waals surface area contributed by atoms with Crippen LogP contribution in [0.2, 0.25) is 0 Å². The highest BCUT2D eigenvalue weighted by molar-refractivity contribution is 7.89. The van der Waals surface area contributed by atoms with Crippen molar-refractivity contribution in [2.45, 2.75) is 17.9 Å². The van der Waals surface area contributed by atoms with Crippen LogP contribution in [0.3, 0.4) is 0 Å². The number of carbonyl (C=O) groups is 1. The number of hydrogen-bond donors (Lipinski definition) is 2. The van der Waals surface area contributed by atoms with Crippen molar-refractivity contribution in [2.24, 2.45) is 0 Å². The molecule has 0 radical (unpaired) electrons. The highest BCUT2D eigenvalue weighted by Gasteiger charge is 2.19. The van der Waals surface area contributed by atoms with Crippen molar-refractivity contribution in [3.63, 3.8) is 0 Å². The fraction of sp³-hybridized carbons (Fsp3) is 0.0952. The molecule has 0 aliphatic carbocycles. The minimum absolute atomic E-state index is 0.0102. The third-order valence-electron chi connectivity index (χ3n) is 4.27. The van der Waals surface area contributed by atoms with E-state index in [0.717, 1.165) is 0 Å². The van der Waals surface area contributed by atoms with E-state index in [-0.39, 0.29) is 29.2 Å². The summed E-state index contributed by atoms with van der Waals surface area (Å²) in [6, 6.07) is 18.6. The van der Waals surface area contributed by atoms with Gasteiger partial charge in [-0.25, -0.2) is 22.3 Å². The Labute approximate surface area is 162 Å². The fourth-order valence-corrected chi connectivity index (χ4v) is 4.04. The molecule has 0 atom stereocenters. The molecule has 7 heteroatoms. The van der Waals surface area contributed by atoms with Gasteiger partial charge in [0.25, 0.3) is 0 Å². The normalized spacial score (nSPS) is 11.3. The number of sulfonamides is 1. The van der Waals surface area contributed by atoms with Crippen LogP contribution in [0.4, 0.5) is 4.39 Å². The molecule has 0 fully saturated rings. The van der Waals surface area contributed by atoms with Gasteiger partial charge in [0.15, 0.2) is 0 Å². The van der Waals surface area contributed by atoms with Crippen molar-refractivity contribution in [1.82, 2.24) is 4.72 Å². The standard InChI is InChI=1S/C21H18FNO4S/c22-19-7-3-1-5-17(19)13-18-6-2-4-8-20(18)28(26,27)23-14-15-9-11-16(12-10-15)21(24)25/h1-12,23H,13-14H2,(H,24,25). The summed E-state index contributed by atoms with van der Waals surface area (Å²) in [4.78, 5) is 11.0. The molecule has 0 saturated carbocycles. The van der Waals surface area contributed by atoms with E-state index in [1.165, 1.54) is 24.3 Å². The average molecular weight is 399 g/mol. The highest BCUT2D eigenvalue weighted by atomic mass is 32.2.